The highest BCUT2D eigenvalue weighted by atomic mass is 19.3. The van der Waals surface area contributed by atoms with Gasteiger partial charge in [-0.05, 0) is 18.6 Å². The highest BCUT2D eigenvalue weighted by molar-refractivity contribution is 5.33. The Labute approximate surface area is 80.6 Å². The summed E-state index contributed by atoms with van der Waals surface area (Å²) in [6.07, 6.45) is -2.65. The van der Waals surface area contributed by atoms with E-state index < -0.39 is 13.0 Å². The van der Waals surface area contributed by atoms with Gasteiger partial charge in [0.2, 0.25) is 0 Å². The number of aliphatic hydroxyl groups excluding tert-OH is 1. The summed E-state index contributed by atoms with van der Waals surface area (Å²) >= 11 is 0. The topological polar surface area (TPSA) is 59.1 Å². The summed E-state index contributed by atoms with van der Waals surface area (Å²) < 4.78 is 25.2. The minimum atomic E-state index is -2.65. The van der Waals surface area contributed by atoms with Crippen LogP contribution in [0.3, 0.4) is 0 Å². The predicted molar refractivity (Wildman–Crippen MR) is 47.7 cm³/mol. The van der Waals surface area contributed by atoms with Crippen LogP contribution < -0.4 is 5.73 Å². The standard InChI is InChI=1S/C9H12F2N2O/c1-5-2-6(4-14)8(9(10)11)7(3-12)13-5/h2,9,14H,3-4,12H2,1H3. The van der Waals surface area contributed by atoms with E-state index in [2.05, 4.69) is 4.98 Å². The van der Waals surface area contributed by atoms with Crippen molar-refractivity contribution >= 4 is 0 Å². The van der Waals surface area contributed by atoms with Gasteiger partial charge in [-0.15, -0.1) is 0 Å². The van der Waals surface area contributed by atoms with E-state index in [-0.39, 0.29) is 23.4 Å². The van der Waals surface area contributed by atoms with Crippen LogP contribution >= 0.6 is 0 Å². The lowest BCUT2D eigenvalue weighted by Crippen LogP contribution is -2.09. The molecule has 1 heterocycles. The zero-order chi connectivity index (χ0) is 10.7. The van der Waals surface area contributed by atoms with Crippen molar-refractivity contribution in [3.8, 4) is 0 Å². The number of aryl methyl sites for hydroxylation is 1. The summed E-state index contributed by atoms with van der Waals surface area (Å²) in [7, 11) is 0. The molecule has 0 atom stereocenters. The molecule has 78 valence electrons. The van der Waals surface area contributed by atoms with Gasteiger partial charge in [-0.25, -0.2) is 8.78 Å². The van der Waals surface area contributed by atoms with Crippen molar-refractivity contribution in [1.82, 2.24) is 4.98 Å². The van der Waals surface area contributed by atoms with Crippen molar-refractivity contribution in [2.75, 3.05) is 0 Å². The van der Waals surface area contributed by atoms with Crippen molar-refractivity contribution in [3.05, 3.63) is 28.6 Å². The Bertz CT molecular complexity index is 304. The third-order valence-electron chi connectivity index (χ3n) is 1.93. The van der Waals surface area contributed by atoms with Crippen LogP contribution in [0.1, 0.15) is 28.9 Å². The third-order valence-corrected chi connectivity index (χ3v) is 1.93. The molecule has 3 nitrogen and oxygen atoms in total. The number of alkyl halides is 2. The molecule has 0 aliphatic carbocycles. The molecule has 1 aromatic rings. The van der Waals surface area contributed by atoms with Gasteiger partial charge in [-0.3, -0.25) is 4.98 Å². The van der Waals surface area contributed by atoms with Gasteiger partial charge in [-0.2, -0.15) is 0 Å². The SMILES string of the molecule is Cc1cc(CO)c(C(F)F)c(CN)n1. The summed E-state index contributed by atoms with van der Waals surface area (Å²) in [5.74, 6) is 0. The fourth-order valence-corrected chi connectivity index (χ4v) is 1.37. The smallest absolute Gasteiger partial charge is 0.266 e. The fraction of sp³-hybridized carbons (Fsp3) is 0.444. The Morgan fingerprint density at radius 2 is 2.21 bits per heavy atom. The summed E-state index contributed by atoms with van der Waals surface area (Å²) in [6.45, 7) is 1.21. The van der Waals surface area contributed by atoms with E-state index in [1.807, 2.05) is 0 Å². The number of hydrogen-bond donors (Lipinski definition) is 2. The van der Waals surface area contributed by atoms with Crippen LogP contribution in [-0.4, -0.2) is 10.1 Å². The van der Waals surface area contributed by atoms with Crippen LogP contribution in [0.5, 0.6) is 0 Å². The number of hydrogen-bond acceptors (Lipinski definition) is 3. The van der Waals surface area contributed by atoms with Gasteiger partial charge in [0.1, 0.15) is 0 Å². The molecule has 0 amide bonds. The first kappa shape index (κ1) is 11.0. The third kappa shape index (κ3) is 2.05. The number of halogens is 2. The molecule has 1 rings (SSSR count). The lowest BCUT2D eigenvalue weighted by atomic mass is 10.1. The molecule has 0 bridgehead atoms. The van der Waals surface area contributed by atoms with Gasteiger partial charge in [0.05, 0.1) is 12.3 Å². The Balaban J connectivity index is 3.33. The molecule has 14 heavy (non-hydrogen) atoms. The van der Waals surface area contributed by atoms with Gasteiger partial charge < -0.3 is 10.8 Å². The van der Waals surface area contributed by atoms with Crippen LogP contribution in [0.25, 0.3) is 0 Å². The average molecular weight is 202 g/mol. The Morgan fingerprint density at radius 3 is 2.64 bits per heavy atom. The molecule has 0 unspecified atom stereocenters. The maximum atomic E-state index is 12.6. The second-order valence-electron chi connectivity index (χ2n) is 2.95. The maximum Gasteiger partial charge on any atom is 0.266 e. The van der Waals surface area contributed by atoms with E-state index in [1.54, 1.807) is 6.92 Å². The van der Waals surface area contributed by atoms with Crippen molar-refractivity contribution in [3.63, 3.8) is 0 Å². The number of nitrogens with zero attached hydrogens (tertiary/aromatic N) is 1. The molecule has 0 saturated carbocycles. The van der Waals surface area contributed by atoms with Gasteiger partial charge in [0, 0.05) is 17.8 Å². The monoisotopic (exact) mass is 202 g/mol. The first-order chi connectivity index (χ1) is 6.60. The number of aromatic nitrogens is 1. The Morgan fingerprint density at radius 1 is 1.57 bits per heavy atom. The Kier molecular flexibility index (Phi) is 3.49. The Hall–Kier alpha value is -1.07. The normalized spacial score (nSPS) is 11.0. The van der Waals surface area contributed by atoms with Crippen molar-refractivity contribution in [1.29, 1.82) is 0 Å². The number of rotatable bonds is 3. The summed E-state index contributed by atoms with van der Waals surface area (Å²) in [6, 6.07) is 1.45. The zero-order valence-corrected chi connectivity index (χ0v) is 7.80. The quantitative estimate of drug-likeness (QED) is 0.776. The average Bonchev–Trinajstić information content (AvgIpc) is 2.15. The van der Waals surface area contributed by atoms with Gasteiger partial charge in [0.15, 0.2) is 0 Å². The van der Waals surface area contributed by atoms with E-state index >= 15 is 0 Å². The largest absolute Gasteiger partial charge is 0.392 e. The molecule has 1 aromatic heterocycles. The van der Waals surface area contributed by atoms with Crippen LogP contribution in [0.15, 0.2) is 6.07 Å². The molecule has 0 fully saturated rings. The minimum Gasteiger partial charge on any atom is -0.392 e. The molecule has 0 aliphatic heterocycles. The first-order valence-electron chi connectivity index (χ1n) is 4.18. The van der Waals surface area contributed by atoms with Crippen molar-refractivity contribution in [2.45, 2.75) is 26.5 Å². The fourth-order valence-electron chi connectivity index (χ4n) is 1.37. The molecular formula is C9H12F2N2O. The van der Waals surface area contributed by atoms with Crippen molar-refractivity contribution in [2.24, 2.45) is 5.73 Å². The molecular weight excluding hydrogens is 190 g/mol. The van der Waals surface area contributed by atoms with Crippen LogP contribution in [0.4, 0.5) is 8.78 Å². The second-order valence-corrected chi connectivity index (χ2v) is 2.95. The maximum absolute atomic E-state index is 12.6. The minimum absolute atomic E-state index is 0.0473. The number of nitrogens with two attached hydrogens (primary N) is 1. The highest BCUT2D eigenvalue weighted by Crippen LogP contribution is 2.26. The number of pyridine rings is 1. The molecule has 3 N–H and O–H groups in total. The molecule has 0 radical (unpaired) electrons. The summed E-state index contributed by atoms with van der Waals surface area (Å²) in [5.41, 5.74) is 6.01. The predicted octanol–water partition coefficient (Wildman–Crippen LogP) is 1.28. The van der Waals surface area contributed by atoms with E-state index in [0.29, 0.717) is 5.69 Å². The van der Waals surface area contributed by atoms with Gasteiger partial charge >= 0.3 is 0 Å². The molecule has 0 aromatic carbocycles. The van der Waals surface area contributed by atoms with E-state index in [0.717, 1.165) is 0 Å². The van der Waals surface area contributed by atoms with Crippen LogP contribution in [-0.2, 0) is 13.2 Å². The molecule has 0 aliphatic rings. The van der Waals surface area contributed by atoms with E-state index in [9.17, 15) is 8.78 Å². The lowest BCUT2D eigenvalue weighted by molar-refractivity contribution is 0.145. The molecule has 5 heteroatoms. The van der Waals surface area contributed by atoms with Crippen LogP contribution in [0, 0.1) is 6.92 Å². The van der Waals surface area contributed by atoms with Gasteiger partial charge in [0.25, 0.3) is 6.43 Å². The zero-order valence-electron chi connectivity index (χ0n) is 7.80. The molecule has 0 saturated heterocycles. The van der Waals surface area contributed by atoms with Crippen molar-refractivity contribution < 1.29 is 13.9 Å². The van der Waals surface area contributed by atoms with E-state index in [4.69, 9.17) is 10.8 Å². The van der Waals surface area contributed by atoms with Gasteiger partial charge in [-0.1, -0.05) is 0 Å². The summed E-state index contributed by atoms with van der Waals surface area (Å²) in [4.78, 5) is 3.91. The first-order valence-corrected chi connectivity index (χ1v) is 4.18. The van der Waals surface area contributed by atoms with E-state index in [1.165, 1.54) is 6.07 Å². The highest BCUT2D eigenvalue weighted by Gasteiger charge is 2.18. The van der Waals surface area contributed by atoms with Crippen LogP contribution in [0.2, 0.25) is 0 Å². The molecule has 0 spiro atoms. The second kappa shape index (κ2) is 4.43. The number of aliphatic hydroxyl groups is 1. The lowest BCUT2D eigenvalue weighted by Gasteiger charge is -2.11. The summed E-state index contributed by atoms with van der Waals surface area (Å²) in [5, 5.41) is 8.91.